The third kappa shape index (κ3) is 4.12. The van der Waals surface area contributed by atoms with Crippen LogP contribution in [0.2, 0.25) is 0 Å². The van der Waals surface area contributed by atoms with Crippen molar-refractivity contribution >= 4 is 28.5 Å². The van der Waals surface area contributed by atoms with E-state index in [1.807, 2.05) is 56.3 Å². The minimum absolute atomic E-state index is 0.180. The number of hydrazone groups is 1. The van der Waals surface area contributed by atoms with Crippen LogP contribution in [0, 0.1) is 13.8 Å². The number of aromatic nitrogens is 1. The quantitative estimate of drug-likeness (QED) is 0.661. The third-order valence-corrected chi connectivity index (χ3v) is 5.55. The van der Waals surface area contributed by atoms with Gasteiger partial charge in [-0.1, -0.05) is 48.0 Å². The highest BCUT2D eigenvalue weighted by atomic mass is 16.4. The van der Waals surface area contributed by atoms with Crippen LogP contribution in [0.25, 0.3) is 10.9 Å². The van der Waals surface area contributed by atoms with Crippen molar-refractivity contribution in [3.63, 3.8) is 0 Å². The van der Waals surface area contributed by atoms with Gasteiger partial charge in [-0.25, -0.2) is 5.01 Å². The summed E-state index contributed by atoms with van der Waals surface area (Å²) in [6.07, 6.45) is -0.0890. The maximum atomic E-state index is 13.0. The monoisotopic (exact) mass is 417 g/mol. The summed E-state index contributed by atoms with van der Waals surface area (Å²) < 4.78 is 0. The summed E-state index contributed by atoms with van der Waals surface area (Å²) in [5.74, 6) is -1.47. The van der Waals surface area contributed by atoms with Crippen molar-refractivity contribution in [3.8, 4) is 0 Å². The summed E-state index contributed by atoms with van der Waals surface area (Å²) >= 11 is 0. The Balaban J connectivity index is 1.77. The summed E-state index contributed by atoms with van der Waals surface area (Å²) in [4.78, 5) is 39.7. The Bertz CT molecular complexity index is 1280. The van der Waals surface area contributed by atoms with Crippen molar-refractivity contribution in [2.75, 3.05) is 0 Å². The Labute approximate surface area is 179 Å². The molecule has 2 aromatic carbocycles. The van der Waals surface area contributed by atoms with Crippen LogP contribution in [0.5, 0.6) is 0 Å². The number of pyridine rings is 1. The largest absolute Gasteiger partial charge is 0.481 e. The molecule has 0 unspecified atom stereocenters. The van der Waals surface area contributed by atoms with Gasteiger partial charge in [-0.3, -0.25) is 14.4 Å². The fourth-order valence-corrected chi connectivity index (χ4v) is 3.96. The van der Waals surface area contributed by atoms with Crippen LogP contribution >= 0.6 is 0 Å². The fourth-order valence-electron chi connectivity index (χ4n) is 3.96. The molecule has 0 fully saturated rings. The number of benzene rings is 2. The molecule has 3 aromatic rings. The van der Waals surface area contributed by atoms with Gasteiger partial charge in [0.1, 0.15) is 0 Å². The van der Waals surface area contributed by atoms with E-state index in [2.05, 4.69) is 10.1 Å². The van der Waals surface area contributed by atoms with Gasteiger partial charge in [-0.15, -0.1) is 0 Å². The van der Waals surface area contributed by atoms with Gasteiger partial charge in [0, 0.05) is 18.4 Å². The first-order valence-electron chi connectivity index (χ1n) is 10.1. The molecule has 7 heteroatoms. The lowest BCUT2D eigenvalue weighted by atomic mass is 9.97. The van der Waals surface area contributed by atoms with Crippen molar-refractivity contribution < 1.29 is 14.7 Å². The van der Waals surface area contributed by atoms with Crippen molar-refractivity contribution in [3.05, 3.63) is 81.1 Å². The molecule has 2 N–H and O–H groups in total. The highest BCUT2D eigenvalue weighted by molar-refractivity contribution is 6.03. The van der Waals surface area contributed by atoms with E-state index in [9.17, 15) is 14.4 Å². The number of carboxylic acid groups (broad SMARTS) is 1. The second-order valence-corrected chi connectivity index (χ2v) is 7.86. The van der Waals surface area contributed by atoms with Crippen LogP contribution in [0.3, 0.4) is 0 Å². The first kappa shape index (κ1) is 20.5. The van der Waals surface area contributed by atoms with Gasteiger partial charge in [-0.2, -0.15) is 5.10 Å². The summed E-state index contributed by atoms with van der Waals surface area (Å²) in [6.45, 7) is 3.90. The number of amides is 1. The summed E-state index contributed by atoms with van der Waals surface area (Å²) in [5, 5.41) is 15.7. The van der Waals surface area contributed by atoms with Gasteiger partial charge in [0.25, 0.3) is 5.56 Å². The first-order valence-corrected chi connectivity index (χ1v) is 10.1. The smallest absolute Gasteiger partial charge is 0.303 e. The lowest BCUT2D eigenvalue weighted by Crippen LogP contribution is -2.31. The van der Waals surface area contributed by atoms with E-state index in [0.29, 0.717) is 17.7 Å². The number of carbonyl (C=O) groups excluding carboxylic acids is 1. The molecule has 158 valence electrons. The Morgan fingerprint density at radius 3 is 2.65 bits per heavy atom. The number of aromatic amines is 1. The molecule has 2 heterocycles. The van der Waals surface area contributed by atoms with Gasteiger partial charge < -0.3 is 10.1 Å². The van der Waals surface area contributed by atoms with Crippen molar-refractivity contribution in [2.45, 2.75) is 39.2 Å². The zero-order chi connectivity index (χ0) is 22.1. The molecule has 0 bridgehead atoms. The lowest BCUT2D eigenvalue weighted by molar-refractivity contribution is -0.141. The second kappa shape index (κ2) is 8.18. The Morgan fingerprint density at radius 1 is 1.13 bits per heavy atom. The molecule has 1 atom stereocenters. The van der Waals surface area contributed by atoms with Crippen molar-refractivity contribution in [1.29, 1.82) is 0 Å². The molecular weight excluding hydrogens is 394 g/mol. The number of H-pyrrole nitrogens is 1. The normalized spacial score (nSPS) is 15.9. The summed E-state index contributed by atoms with van der Waals surface area (Å²) in [6, 6.07) is 14.8. The Kier molecular flexibility index (Phi) is 5.42. The number of carboxylic acids is 1. The van der Waals surface area contributed by atoms with Crippen LogP contribution in [0.15, 0.2) is 58.4 Å². The SMILES string of the molecule is Cc1cccc(C2=NN(C(=O)CCC(=O)O)[C@@H](c3cc4cccc(C)c4[nH]c3=O)C2)c1. The fraction of sp³-hybridized carbons (Fsp3) is 0.250. The van der Waals surface area contributed by atoms with Crippen LogP contribution in [0.4, 0.5) is 0 Å². The predicted molar refractivity (Wildman–Crippen MR) is 118 cm³/mol. The summed E-state index contributed by atoms with van der Waals surface area (Å²) in [7, 11) is 0. The number of nitrogens with one attached hydrogen (secondary N) is 1. The maximum Gasteiger partial charge on any atom is 0.303 e. The minimum atomic E-state index is -1.05. The molecule has 31 heavy (non-hydrogen) atoms. The number of hydrogen-bond donors (Lipinski definition) is 2. The molecule has 0 spiro atoms. The number of fused-ring (bicyclic) bond motifs is 1. The van der Waals surface area contributed by atoms with E-state index in [-0.39, 0.29) is 18.4 Å². The number of para-hydroxylation sites is 1. The molecule has 7 nitrogen and oxygen atoms in total. The maximum absolute atomic E-state index is 13.0. The molecule has 0 saturated carbocycles. The van der Waals surface area contributed by atoms with Crippen LogP contribution in [0.1, 0.15) is 47.6 Å². The number of hydrogen-bond acceptors (Lipinski definition) is 4. The van der Waals surface area contributed by atoms with Gasteiger partial charge >= 0.3 is 5.97 Å². The Hall–Kier alpha value is -3.74. The Morgan fingerprint density at radius 2 is 1.90 bits per heavy atom. The van der Waals surface area contributed by atoms with Crippen molar-refractivity contribution in [1.82, 2.24) is 9.99 Å². The van der Waals surface area contributed by atoms with Gasteiger partial charge in [-0.05, 0) is 36.4 Å². The average Bonchev–Trinajstić information content (AvgIpc) is 3.17. The molecule has 1 aliphatic rings. The molecular formula is C24H23N3O4. The predicted octanol–water partition coefficient (Wildman–Crippen LogP) is 3.69. The number of aryl methyl sites for hydroxylation is 2. The molecule has 0 saturated heterocycles. The van der Waals surface area contributed by atoms with E-state index < -0.39 is 17.9 Å². The number of nitrogens with zero attached hydrogens (tertiary/aromatic N) is 2. The van der Waals surface area contributed by atoms with Gasteiger partial charge in [0.05, 0.1) is 23.7 Å². The standard InChI is InChI=1S/C24H23N3O4/c1-14-5-3-7-16(11-14)19-13-20(27(26-19)21(28)9-10-22(29)30)18-12-17-8-4-6-15(2)23(17)25-24(18)31/h3-8,11-12,20H,9-10,13H2,1-2H3,(H,25,31)(H,29,30)/t20-/m1/s1. The molecule has 0 aliphatic carbocycles. The highest BCUT2D eigenvalue weighted by Crippen LogP contribution is 2.33. The molecule has 4 rings (SSSR count). The number of carbonyl (C=O) groups is 2. The van der Waals surface area contributed by atoms with Crippen LogP contribution < -0.4 is 5.56 Å². The van der Waals surface area contributed by atoms with E-state index >= 15 is 0 Å². The summed E-state index contributed by atoms with van der Waals surface area (Å²) in [5.41, 5.74) is 4.52. The van der Waals surface area contributed by atoms with Gasteiger partial charge in [0.2, 0.25) is 5.91 Å². The molecule has 0 radical (unpaired) electrons. The van der Waals surface area contributed by atoms with Crippen molar-refractivity contribution in [2.24, 2.45) is 5.10 Å². The van der Waals surface area contributed by atoms with Gasteiger partial charge in [0.15, 0.2) is 0 Å². The first-order chi connectivity index (χ1) is 14.8. The minimum Gasteiger partial charge on any atom is -0.481 e. The lowest BCUT2D eigenvalue weighted by Gasteiger charge is -2.21. The topological polar surface area (TPSA) is 103 Å². The average molecular weight is 417 g/mol. The number of rotatable bonds is 5. The molecule has 1 aliphatic heterocycles. The molecule has 1 amide bonds. The van der Waals surface area contributed by atoms with E-state index in [1.54, 1.807) is 6.07 Å². The second-order valence-electron chi connectivity index (χ2n) is 7.86. The highest BCUT2D eigenvalue weighted by Gasteiger charge is 2.34. The third-order valence-electron chi connectivity index (χ3n) is 5.55. The van der Waals surface area contributed by atoms with E-state index in [1.165, 1.54) is 5.01 Å². The van der Waals surface area contributed by atoms with Crippen LogP contribution in [-0.2, 0) is 9.59 Å². The molecule has 1 aromatic heterocycles. The van der Waals surface area contributed by atoms with Crippen LogP contribution in [-0.4, -0.2) is 32.7 Å². The zero-order valence-electron chi connectivity index (χ0n) is 17.4. The van der Waals surface area contributed by atoms with E-state index in [4.69, 9.17) is 5.11 Å². The number of aliphatic carboxylic acids is 1. The van der Waals surface area contributed by atoms with E-state index in [0.717, 1.165) is 27.6 Å². The zero-order valence-corrected chi connectivity index (χ0v) is 17.4.